The molecule has 0 bridgehead atoms. The van der Waals surface area contributed by atoms with Crippen LogP contribution >= 0.6 is 0 Å². The van der Waals surface area contributed by atoms with Gasteiger partial charge in [0.25, 0.3) is 0 Å². The van der Waals surface area contributed by atoms with Crippen LogP contribution in [0.2, 0.25) is 0 Å². The Kier molecular flexibility index (Phi) is 6.66. The zero-order valence-corrected chi connectivity index (χ0v) is 21.7. The average Bonchev–Trinajstić information content (AvgIpc) is 3.57. The van der Waals surface area contributed by atoms with E-state index in [0.717, 1.165) is 11.3 Å². The van der Waals surface area contributed by atoms with E-state index in [-0.39, 0.29) is 35.6 Å². The van der Waals surface area contributed by atoms with Crippen molar-refractivity contribution in [2.75, 3.05) is 46.0 Å². The van der Waals surface area contributed by atoms with E-state index >= 15 is 0 Å². The largest absolute Gasteiger partial charge is 0.379 e. The maximum Gasteiger partial charge on any atom is 0.329 e. The lowest BCUT2D eigenvalue weighted by molar-refractivity contribution is 0.192. The fourth-order valence-electron chi connectivity index (χ4n) is 4.44. The summed E-state index contributed by atoms with van der Waals surface area (Å²) in [4.78, 5) is 34.0. The Labute approximate surface area is 219 Å². The lowest BCUT2D eigenvalue weighted by Crippen LogP contribution is -2.52. The third-order valence-electron chi connectivity index (χ3n) is 6.54. The third kappa shape index (κ3) is 4.99. The number of rotatable bonds is 5. The van der Waals surface area contributed by atoms with Crippen molar-refractivity contribution in [1.29, 1.82) is 0 Å². The molecule has 0 spiro atoms. The first-order valence-corrected chi connectivity index (χ1v) is 12.3. The van der Waals surface area contributed by atoms with Crippen LogP contribution in [0.5, 0.6) is 0 Å². The lowest BCUT2D eigenvalue weighted by atomic mass is 9.92. The highest BCUT2D eigenvalue weighted by Gasteiger charge is 2.38. The van der Waals surface area contributed by atoms with Gasteiger partial charge < -0.3 is 19.9 Å². The van der Waals surface area contributed by atoms with Crippen molar-refractivity contribution in [2.45, 2.75) is 45.2 Å². The number of amides is 4. The van der Waals surface area contributed by atoms with Gasteiger partial charge in [-0.25, -0.2) is 19.0 Å². The van der Waals surface area contributed by atoms with Gasteiger partial charge in [-0.15, -0.1) is 0 Å². The molecule has 1 atom stereocenters. The summed E-state index contributed by atoms with van der Waals surface area (Å²) in [5.74, 6) is 0.132. The van der Waals surface area contributed by atoms with E-state index in [2.05, 4.69) is 26.1 Å². The number of hydrogen-bond donors (Lipinski definition) is 3. The van der Waals surface area contributed by atoms with E-state index in [4.69, 9.17) is 9.26 Å². The Morgan fingerprint density at radius 1 is 1.18 bits per heavy atom. The number of aromatic nitrogens is 2. The standard InChI is InChI=1S/C26H30FN7O4/c1-26(2,3)21-11-23(38-32-21)31-24(35)30-19-9-16(5-6-18(19)27)33-13-15-12-29-22(28-4)10-20(15)34(25(33)36)17-7-8-37-14-17/h5-6,9-12,17H,7-8,13-14H2,1-4H3,(H,28,29)(H2,30,31,35). The van der Waals surface area contributed by atoms with Crippen molar-refractivity contribution in [3.8, 4) is 0 Å². The van der Waals surface area contributed by atoms with E-state index in [0.29, 0.717) is 36.8 Å². The van der Waals surface area contributed by atoms with Crippen molar-refractivity contribution < 1.29 is 23.2 Å². The van der Waals surface area contributed by atoms with Gasteiger partial charge in [0.15, 0.2) is 0 Å². The summed E-state index contributed by atoms with van der Waals surface area (Å²) in [6.07, 6.45) is 2.42. The summed E-state index contributed by atoms with van der Waals surface area (Å²) >= 11 is 0. The fourth-order valence-corrected chi connectivity index (χ4v) is 4.44. The molecular weight excluding hydrogens is 493 g/mol. The number of fused-ring (bicyclic) bond motifs is 1. The van der Waals surface area contributed by atoms with Crippen LogP contribution in [0.1, 0.15) is 38.4 Å². The molecule has 2 aromatic heterocycles. The normalized spacial score (nSPS) is 17.4. The molecule has 4 amide bonds. The topological polar surface area (TPSA) is 125 Å². The minimum atomic E-state index is -0.707. The fraction of sp³-hybridized carbons (Fsp3) is 0.385. The number of benzene rings is 1. The predicted molar refractivity (Wildman–Crippen MR) is 141 cm³/mol. The van der Waals surface area contributed by atoms with Crippen molar-refractivity contribution in [1.82, 2.24) is 10.1 Å². The van der Waals surface area contributed by atoms with Crippen LogP contribution in [0.15, 0.2) is 41.1 Å². The summed E-state index contributed by atoms with van der Waals surface area (Å²) in [6.45, 7) is 7.12. The zero-order valence-electron chi connectivity index (χ0n) is 21.7. The first-order valence-electron chi connectivity index (χ1n) is 12.3. The van der Waals surface area contributed by atoms with Gasteiger partial charge in [0.2, 0.25) is 5.88 Å². The molecule has 12 heteroatoms. The Hall–Kier alpha value is -4.19. The van der Waals surface area contributed by atoms with Crippen LogP contribution < -0.4 is 25.8 Å². The number of carbonyl (C=O) groups excluding carboxylic acids is 2. The molecule has 2 aliphatic heterocycles. The molecule has 5 rings (SSSR count). The van der Waals surface area contributed by atoms with Crippen molar-refractivity contribution in [2.24, 2.45) is 0 Å². The summed E-state index contributed by atoms with van der Waals surface area (Å²) in [5.41, 5.74) is 2.35. The highest BCUT2D eigenvalue weighted by atomic mass is 19.1. The Morgan fingerprint density at radius 3 is 2.68 bits per heavy atom. The van der Waals surface area contributed by atoms with Crippen LogP contribution in [0.3, 0.4) is 0 Å². The van der Waals surface area contributed by atoms with Gasteiger partial charge in [-0.3, -0.25) is 15.1 Å². The second kappa shape index (κ2) is 9.93. The maximum absolute atomic E-state index is 14.7. The van der Waals surface area contributed by atoms with Gasteiger partial charge >= 0.3 is 12.1 Å². The second-order valence-electron chi connectivity index (χ2n) is 10.3. The van der Waals surface area contributed by atoms with E-state index in [1.165, 1.54) is 23.1 Å². The van der Waals surface area contributed by atoms with Crippen LogP contribution in [0.25, 0.3) is 0 Å². The first kappa shape index (κ1) is 25.5. The Balaban J connectivity index is 1.39. The van der Waals surface area contributed by atoms with E-state index in [1.54, 1.807) is 24.2 Å². The molecule has 1 fully saturated rings. The average molecular weight is 524 g/mol. The number of anilines is 5. The molecule has 4 heterocycles. The van der Waals surface area contributed by atoms with Gasteiger partial charge in [-0.2, -0.15) is 0 Å². The number of nitrogens with zero attached hydrogens (tertiary/aromatic N) is 4. The second-order valence-corrected chi connectivity index (χ2v) is 10.3. The number of halogens is 1. The SMILES string of the molecule is CNc1cc2c(cn1)CN(c1ccc(F)c(NC(=O)Nc3cc(C(C)(C)C)no3)c1)C(=O)N2C1CCOC1. The lowest BCUT2D eigenvalue weighted by Gasteiger charge is -2.39. The van der Waals surface area contributed by atoms with Crippen LogP contribution in [0.4, 0.5) is 42.7 Å². The molecule has 2 aliphatic rings. The van der Waals surface area contributed by atoms with Gasteiger partial charge in [-0.1, -0.05) is 25.9 Å². The van der Waals surface area contributed by atoms with Crippen LogP contribution in [-0.4, -0.2) is 48.5 Å². The number of urea groups is 2. The summed E-state index contributed by atoms with van der Waals surface area (Å²) < 4.78 is 25.4. The summed E-state index contributed by atoms with van der Waals surface area (Å²) in [6, 6.07) is 6.50. The smallest absolute Gasteiger partial charge is 0.329 e. The molecule has 11 nitrogen and oxygen atoms in total. The van der Waals surface area contributed by atoms with Crippen LogP contribution in [-0.2, 0) is 16.7 Å². The summed E-state index contributed by atoms with van der Waals surface area (Å²) in [5, 5.41) is 12.0. The number of ether oxygens (including phenoxy) is 1. The van der Waals surface area contributed by atoms with Crippen LogP contribution in [0, 0.1) is 5.82 Å². The molecular formula is C26H30FN7O4. The minimum absolute atomic E-state index is 0.0893. The molecule has 38 heavy (non-hydrogen) atoms. The monoisotopic (exact) mass is 523 g/mol. The Bertz CT molecular complexity index is 1360. The van der Waals surface area contributed by atoms with Crippen molar-refractivity contribution in [3.63, 3.8) is 0 Å². The van der Waals surface area contributed by atoms with Crippen molar-refractivity contribution >= 4 is 40.8 Å². The predicted octanol–water partition coefficient (Wildman–Crippen LogP) is 4.93. The molecule has 1 unspecified atom stereocenters. The van der Waals surface area contributed by atoms with Gasteiger partial charge in [0.1, 0.15) is 11.6 Å². The molecule has 0 radical (unpaired) electrons. The zero-order chi connectivity index (χ0) is 27.0. The summed E-state index contributed by atoms with van der Waals surface area (Å²) in [7, 11) is 1.77. The van der Waals surface area contributed by atoms with E-state index in [9.17, 15) is 14.0 Å². The number of hydrogen-bond acceptors (Lipinski definition) is 7. The Morgan fingerprint density at radius 2 is 2.00 bits per heavy atom. The third-order valence-corrected chi connectivity index (χ3v) is 6.54. The van der Waals surface area contributed by atoms with Gasteiger partial charge in [0, 0.05) is 48.6 Å². The molecule has 1 aromatic carbocycles. The van der Waals surface area contributed by atoms with E-state index < -0.39 is 11.8 Å². The van der Waals surface area contributed by atoms with Crippen molar-refractivity contribution in [3.05, 3.63) is 53.6 Å². The molecule has 1 saturated heterocycles. The highest BCUT2D eigenvalue weighted by Crippen LogP contribution is 2.36. The molecule has 0 saturated carbocycles. The molecule has 200 valence electrons. The molecule has 3 N–H and O–H groups in total. The number of pyridine rings is 1. The quantitative estimate of drug-likeness (QED) is 0.433. The van der Waals surface area contributed by atoms with Gasteiger partial charge in [0.05, 0.1) is 36.3 Å². The first-order chi connectivity index (χ1) is 18.1. The minimum Gasteiger partial charge on any atom is -0.379 e. The number of nitrogens with one attached hydrogen (secondary N) is 3. The van der Waals surface area contributed by atoms with E-state index in [1.807, 2.05) is 26.8 Å². The molecule has 3 aromatic rings. The highest BCUT2D eigenvalue weighted by molar-refractivity contribution is 6.07. The number of carbonyl (C=O) groups is 2. The maximum atomic E-state index is 14.7. The molecule has 0 aliphatic carbocycles. The van der Waals surface area contributed by atoms with Gasteiger partial charge in [-0.05, 0) is 24.6 Å².